The van der Waals surface area contributed by atoms with Gasteiger partial charge in [-0.2, -0.15) is 4.31 Å². The van der Waals surface area contributed by atoms with Crippen molar-refractivity contribution < 1.29 is 13.5 Å². The van der Waals surface area contributed by atoms with Gasteiger partial charge in [-0.3, -0.25) is 0 Å². The van der Waals surface area contributed by atoms with Crippen LogP contribution in [0.25, 0.3) is 10.9 Å². The third-order valence-electron chi connectivity index (χ3n) is 5.39. The normalized spacial score (nSPS) is 16.6. The van der Waals surface area contributed by atoms with Crippen molar-refractivity contribution >= 4 is 26.6 Å². The van der Waals surface area contributed by atoms with Gasteiger partial charge < -0.3 is 15.0 Å². The molecule has 0 bridgehead atoms. The van der Waals surface area contributed by atoms with Gasteiger partial charge in [-0.1, -0.05) is 6.07 Å². The lowest BCUT2D eigenvalue weighted by Crippen LogP contribution is -2.45. The van der Waals surface area contributed by atoms with E-state index >= 15 is 0 Å². The number of aromatic hydroxyl groups is 1. The van der Waals surface area contributed by atoms with E-state index in [1.54, 1.807) is 28.6 Å². The number of aromatic amines is 1. The average molecular weight is 385 g/mol. The number of rotatable bonds is 4. The van der Waals surface area contributed by atoms with Crippen LogP contribution >= 0.6 is 0 Å². The molecule has 4 rings (SSSR count). The number of aromatic nitrogens is 1. The lowest BCUT2D eigenvalue weighted by molar-refractivity contribution is 0.314. The Hall–Kier alpha value is -2.51. The summed E-state index contributed by atoms with van der Waals surface area (Å²) in [6.45, 7) is 0.996. The fraction of sp³-hybridized carbons (Fsp3) is 0.300. The summed E-state index contributed by atoms with van der Waals surface area (Å²) in [7, 11) is -1.47. The van der Waals surface area contributed by atoms with Crippen LogP contribution in [-0.2, 0) is 10.0 Å². The zero-order valence-corrected chi connectivity index (χ0v) is 16.0. The Kier molecular flexibility index (Phi) is 4.57. The standard InChI is InChI=1S/C20H23N3O3S/c1-22(16-3-5-18(24)6-4-16)17-9-12-23(13-10-17)27(25,26)19-7-2-15-8-11-21-20(15)14-19/h2-8,11,14,17,21,24H,9-10,12-13H2,1H3. The van der Waals surface area contributed by atoms with Crippen molar-refractivity contribution in [3.8, 4) is 5.75 Å². The minimum absolute atomic E-state index is 0.243. The maximum Gasteiger partial charge on any atom is 0.243 e. The third kappa shape index (κ3) is 3.40. The predicted molar refractivity (Wildman–Crippen MR) is 107 cm³/mol. The molecule has 2 aromatic carbocycles. The zero-order chi connectivity index (χ0) is 19.0. The van der Waals surface area contributed by atoms with Crippen LogP contribution in [0, 0.1) is 0 Å². The number of sulfonamides is 1. The van der Waals surface area contributed by atoms with E-state index in [2.05, 4.69) is 9.88 Å². The minimum Gasteiger partial charge on any atom is -0.508 e. The molecule has 2 heterocycles. The van der Waals surface area contributed by atoms with Gasteiger partial charge in [0, 0.05) is 43.6 Å². The molecule has 1 fully saturated rings. The fourth-order valence-electron chi connectivity index (χ4n) is 3.70. The molecule has 0 amide bonds. The summed E-state index contributed by atoms with van der Waals surface area (Å²) in [6.07, 6.45) is 3.34. The van der Waals surface area contributed by atoms with Gasteiger partial charge in [-0.05, 0) is 60.7 Å². The number of piperidine rings is 1. The number of phenolic OH excluding ortho intramolecular Hbond substituents is 1. The van der Waals surface area contributed by atoms with Gasteiger partial charge >= 0.3 is 0 Å². The highest BCUT2D eigenvalue weighted by atomic mass is 32.2. The molecule has 1 aliphatic rings. The number of nitrogens with one attached hydrogen (secondary N) is 1. The van der Waals surface area contributed by atoms with Gasteiger partial charge in [-0.15, -0.1) is 0 Å². The molecule has 2 N–H and O–H groups in total. The molecule has 0 unspecified atom stereocenters. The van der Waals surface area contributed by atoms with Crippen LogP contribution in [0.3, 0.4) is 0 Å². The van der Waals surface area contributed by atoms with E-state index in [0.717, 1.165) is 29.4 Å². The molecule has 6 nitrogen and oxygen atoms in total. The third-order valence-corrected chi connectivity index (χ3v) is 7.29. The Bertz CT molecular complexity index is 1040. The summed E-state index contributed by atoms with van der Waals surface area (Å²) in [5.74, 6) is 0.243. The second-order valence-corrected chi connectivity index (χ2v) is 8.93. The molecule has 3 aromatic rings. The van der Waals surface area contributed by atoms with Crippen molar-refractivity contribution in [2.24, 2.45) is 0 Å². The summed E-state index contributed by atoms with van der Waals surface area (Å²) in [5.41, 5.74) is 1.85. The van der Waals surface area contributed by atoms with Crippen molar-refractivity contribution in [3.05, 3.63) is 54.7 Å². The number of hydrogen-bond donors (Lipinski definition) is 2. The zero-order valence-electron chi connectivity index (χ0n) is 15.2. The van der Waals surface area contributed by atoms with Crippen LogP contribution in [0.5, 0.6) is 5.75 Å². The van der Waals surface area contributed by atoms with Crippen LogP contribution in [0.4, 0.5) is 5.69 Å². The Morgan fingerprint density at radius 1 is 1.07 bits per heavy atom. The molecule has 0 aliphatic carbocycles. The van der Waals surface area contributed by atoms with E-state index in [-0.39, 0.29) is 11.8 Å². The lowest BCUT2D eigenvalue weighted by Gasteiger charge is -2.37. The first-order valence-electron chi connectivity index (χ1n) is 9.04. The molecule has 0 radical (unpaired) electrons. The lowest BCUT2D eigenvalue weighted by atomic mass is 10.0. The first-order chi connectivity index (χ1) is 12.9. The molecule has 1 aliphatic heterocycles. The van der Waals surface area contributed by atoms with Gasteiger partial charge in [0.25, 0.3) is 0 Å². The quantitative estimate of drug-likeness (QED) is 0.723. The van der Waals surface area contributed by atoms with Gasteiger partial charge in [-0.25, -0.2) is 8.42 Å². The summed E-state index contributed by atoms with van der Waals surface area (Å²) < 4.78 is 27.6. The van der Waals surface area contributed by atoms with Crippen LogP contribution in [-0.4, -0.2) is 49.0 Å². The molecule has 0 spiro atoms. The van der Waals surface area contributed by atoms with E-state index in [0.29, 0.717) is 18.0 Å². The first kappa shape index (κ1) is 17.9. The van der Waals surface area contributed by atoms with E-state index in [1.807, 2.05) is 37.5 Å². The van der Waals surface area contributed by atoms with Crippen LogP contribution in [0.2, 0.25) is 0 Å². The molecular formula is C20H23N3O3S. The van der Waals surface area contributed by atoms with Gasteiger partial charge in [0.15, 0.2) is 0 Å². The molecule has 1 saturated heterocycles. The van der Waals surface area contributed by atoms with E-state index in [1.165, 1.54) is 0 Å². The summed E-state index contributed by atoms with van der Waals surface area (Å²) in [6, 6.07) is 14.5. The van der Waals surface area contributed by atoms with Crippen LogP contribution in [0.15, 0.2) is 59.6 Å². The Balaban J connectivity index is 1.47. The number of fused-ring (bicyclic) bond motifs is 1. The molecule has 142 valence electrons. The number of nitrogens with zero attached hydrogens (tertiary/aromatic N) is 2. The maximum atomic E-state index is 13.0. The minimum atomic E-state index is -3.49. The predicted octanol–water partition coefficient (Wildman–Crippen LogP) is 3.16. The maximum absolute atomic E-state index is 13.0. The Morgan fingerprint density at radius 2 is 1.78 bits per heavy atom. The molecular weight excluding hydrogens is 362 g/mol. The largest absolute Gasteiger partial charge is 0.508 e. The summed E-state index contributed by atoms with van der Waals surface area (Å²) in [5, 5.41) is 10.4. The smallest absolute Gasteiger partial charge is 0.243 e. The second kappa shape index (κ2) is 6.90. The van der Waals surface area contributed by atoms with Gasteiger partial charge in [0.05, 0.1) is 4.90 Å². The summed E-state index contributed by atoms with van der Waals surface area (Å²) in [4.78, 5) is 5.57. The van der Waals surface area contributed by atoms with Crippen LogP contribution in [0.1, 0.15) is 12.8 Å². The molecule has 0 saturated carbocycles. The average Bonchev–Trinajstić information content (AvgIpc) is 3.16. The molecule has 7 heteroatoms. The highest BCUT2D eigenvalue weighted by molar-refractivity contribution is 7.89. The Morgan fingerprint density at radius 3 is 2.48 bits per heavy atom. The van der Waals surface area contributed by atoms with Crippen molar-refractivity contribution in [1.29, 1.82) is 0 Å². The topological polar surface area (TPSA) is 76.6 Å². The van der Waals surface area contributed by atoms with Crippen molar-refractivity contribution in [1.82, 2.24) is 9.29 Å². The second-order valence-electron chi connectivity index (χ2n) is 6.99. The van der Waals surface area contributed by atoms with E-state index < -0.39 is 10.0 Å². The SMILES string of the molecule is CN(c1ccc(O)cc1)C1CCN(S(=O)(=O)c2ccc3cc[nH]c3c2)CC1. The molecule has 27 heavy (non-hydrogen) atoms. The van der Waals surface area contributed by atoms with Gasteiger partial charge in [0.1, 0.15) is 5.75 Å². The monoisotopic (exact) mass is 385 g/mol. The number of anilines is 1. The summed E-state index contributed by atoms with van der Waals surface area (Å²) >= 11 is 0. The van der Waals surface area contributed by atoms with E-state index in [9.17, 15) is 13.5 Å². The highest BCUT2D eigenvalue weighted by Gasteiger charge is 2.31. The number of phenols is 1. The van der Waals surface area contributed by atoms with Crippen molar-refractivity contribution in [2.75, 3.05) is 25.0 Å². The van der Waals surface area contributed by atoms with Gasteiger partial charge in [0.2, 0.25) is 10.0 Å². The Labute approximate surface area is 159 Å². The fourth-order valence-corrected chi connectivity index (χ4v) is 5.20. The molecule has 0 atom stereocenters. The number of hydrogen-bond acceptors (Lipinski definition) is 4. The first-order valence-corrected chi connectivity index (χ1v) is 10.5. The molecule has 1 aromatic heterocycles. The highest BCUT2D eigenvalue weighted by Crippen LogP contribution is 2.27. The van der Waals surface area contributed by atoms with Crippen molar-refractivity contribution in [3.63, 3.8) is 0 Å². The number of benzene rings is 2. The number of H-pyrrole nitrogens is 1. The van der Waals surface area contributed by atoms with Crippen LogP contribution < -0.4 is 4.90 Å². The van der Waals surface area contributed by atoms with Crippen molar-refractivity contribution in [2.45, 2.75) is 23.8 Å². The van der Waals surface area contributed by atoms with E-state index in [4.69, 9.17) is 0 Å².